The summed E-state index contributed by atoms with van der Waals surface area (Å²) >= 11 is 0. The maximum absolute atomic E-state index is 13.1. The zero-order chi connectivity index (χ0) is 13.3. The van der Waals surface area contributed by atoms with Crippen LogP contribution in [0, 0.1) is 11.6 Å². The number of benzene rings is 1. The van der Waals surface area contributed by atoms with Crippen LogP contribution in [-0.2, 0) is 10.0 Å². The molecule has 1 saturated heterocycles. The average Bonchev–Trinajstić information content (AvgIpc) is 2.27. The lowest BCUT2D eigenvalue weighted by atomic mass is 10.3. The van der Waals surface area contributed by atoms with Crippen LogP contribution in [-0.4, -0.2) is 38.4 Å². The topological polar surface area (TPSA) is 49.4 Å². The number of piperazine rings is 1. The second-order valence-corrected chi connectivity index (χ2v) is 6.26. The molecule has 0 aliphatic carbocycles. The van der Waals surface area contributed by atoms with Crippen LogP contribution in [0.5, 0.6) is 0 Å². The predicted molar refractivity (Wildman–Crippen MR) is 62.6 cm³/mol. The lowest BCUT2D eigenvalue weighted by Gasteiger charge is -2.30. The number of hydrogen-bond donors (Lipinski definition) is 1. The van der Waals surface area contributed by atoms with Gasteiger partial charge in [0.1, 0.15) is 11.6 Å². The average molecular weight is 276 g/mol. The molecule has 1 atom stereocenters. The monoisotopic (exact) mass is 276 g/mol. The van der Waals surface area contributed by atoms with Crippen molar-refractivity contribution in [2.45, 2.75) is 17.9 Å². The largest absolute Gasteiger partial charge is 0.312 e. The lowest BCUT2D eigenvalue weighted by Crippen LogP contribution is -2.51. The number of hydrogen-bond acceptors (Lipinski definition) is 3. The number of halogens is 2. The summed E-state index contributed by atoms with van der Waals surface area (Å²) in [6.45, 7) is 2.97. The Labute approximate surface area is 105 Å². The Bertz CT molecular complexity index is 528. The summed E-state index contributed by atoms with van der Waals surface area (Å²) in [5.74, 6) is -1.78. The van der Waals surface area contributed by atoms with E-state index in [4.69, 9.17) is 0 Å². The van der Waals surface area contributed by atoms with E-state index < -0.39 is 21.7 Å². The molecule has 1 heterocycles. The fourth-order valence-corrected chi connectivity index (χ4v) is 3.51. The smallest absolute Gasteiger partial charge is 0.243 e. The van der Waals surface area contributed by atoms with E-state index in [0.717, 1.165) is 12.1 Å². The first kappa shape index (κ1) is 13.4. The number of nitrogens with one attached hydrogen (secondary N) is 1. The van der Waals surface area contributed by atoms with Crippen molar-refractivity contribution in [3.8, 4) is 0 Å². The van der Waals surface area contributed by atoms with Crippen molar-refractivity contribution in [1.82, 2.24) is 9.62 Å². The molecule has 1 aliphatic heterocycles. The van der Waals surface area contributed by atoms with Gasteiger partial charge in [-0.25, -0.2) is 17.2 Å². The number of nitrogens with zero attached hydrogens (tertiary/aromatic N) is 1. The van der Waals surface area contributed by atoms with Crippen LogP contribution in [0.1, 0.15) is 6.92 Å². The highest BCUT2D eigenvalue weighted by molar-refractivity contribution is 7.89. The van der Waals surface area contributed by atoms with Crippen LogP contribution in [0.4, 0.5) is 8.78 Å². The van der Waals surface area contributed by atoms with Gasteiger partial charge >= 0.3 is 0 Å². The zero-order valence-electron chi connectivity index (χ0n) is 9.86. The molecule has 7 heteroatoms. The van der Waals surface area contributed by atoms with Crippen LogP contribution in [0.15, 0.2) is 23.1 Å². The number of sulfonamides is 1. The Kier molecular flexibility index (Phi) is 3.65. The molecule has 0 unspecified atom stereocenters. The molecule has 1 aromatic carbocycles. The second kappa shape index (κ2) is 4.91. The number of rotatable bonds is 2. The minimum Gasteiger partial charge on any atom is -0.312 e. The van der Waals surface area contributed by atoms with Gasteiger partial charge in [0.2, 0.25) is 10.0 Å². The first-order valence-electron chi connectivity index (χ1n) is 5.59. The van der Waals surface area contributed by atoms with Crippen LogP contribution in [0.3, 0.4) is 0 Å². The molecule has 0 spiro atoms. The van der Waals surface area contributed by atoms with Gasteiger partial charge < -0.3 is 5.32 Å². The molecule has 1 aliphatic rings. The van der Waals surface area contributed by atoms with Gasteiger partial charge in [-0.05, 0) is 19.1 Å². The lowest BCUT2D eigenvalue weighted by molar-refractivity contribution is 0.310. The minimum absolute atomic E-state index is 0.0203. The molecule has 1 aromatic rings. The molecule has 0 bridgehead atoms. The summed E-state index contributed by atoms with van der Waals surface area (Å²) in [6, 6.07) is 2.35. The molecule has 18 heavy (non-hydrogen) atoms. The summed E-state index contributed by atoms with van der Waals surface area (Å²) in [5, 5.41) is 3.10. The Balaban J connectivity index is 2.35. The molecule has 0 aromatic heterocycles. The normalized spacial score (nSPS) is 22.1. The van der Waals surface area contributed by atoms with Gasteiger partial charge in [0.05, 0.1) is 4.90 Å². The van der Waals surface area contributed by atoms with Gasteiger partial charge in [-0.1, -0.05) is 0 Å². The van der Waals surface area contributed by atoms with Crippen molar-refractivity contribution >= 4 is 10.0 Å². The van der Waals surface area contributed by atoms with E-state index in [2.05, 4.69) is 5.32 Å². The van der Waals surface area contributed by atoms with E-state index in [1.807, 2.05) is 6.92 Å². The van der Waals surface area contributed by atoms with Gasteiger partial charge in [-0.3, -0.25) is 0 Å². The van der Waals surface area contributed by atoms with Crippen molar-refractivity contribution in [2.75, 3.05) is 19.6 Å². The first-order valence-corrected chi connectivity index (χ1v) is 7.03. The van der Waals surface area contributed by atoms with E-state index in [1.165, 1.54) is 4.31 Å². The Morgan fingerprint density at radius 3 is 2.44 bits per heavy atom. The molecule has 0 saturated carbocycles. The van der Waals surface area contributed by atoms with E-state index in [-0.39, 0.29) is 10.9 Å². The first-order chi connectivity index (χ1) is 8.39. The Morgan fingerprint density at radius 2 is 1.89 bits per heavy atom. The SMILES string of the molecule is C[C@@H]1CN(S(=O)(=O)c2cc(F)cc(F)c2)CCN1. The van der Waals surface area contributed by atoms with Crippen LogP contribution in [0.25, 0.3) is 0 Å². The molecular formula is C11H14F2N2O2S. The molecule has 1 fully saturated rings. The molecule has 4 nitrogen and oxygen atoms in total. The van der Waals surface area contributed by atoms with Crippen molar-refractivity contribution in [3.63, 3.8) is 0 Å². The van der Waals surface area contributed by atoms with E-state index >= 15 is 0 Å². The fourth-order valence-electron chi connectivity index (χ4n) is 1.94. The summed E-state index contributed by atoms with van der Waals surface area (Å²) < 4.78 is 51.8. The van der Waals surface area contributed by atoms with Gasteiger partial charge in [0.25, 0.3) is 0 Å². The Morgan fingerprint density at radius 1 is 1.28 bits per heavy atom. The summed E-state index contributed by atoms with van der Waals surface area (Å²) in [6.07, 6.45) is 0. The van der Waals surface area contributed by atoms with Crippen molar-refractivity contribution in [3.05, 3.63) is 29.8 Å². The Hall–Kier alpha value is -1.05. The van der Waals surface area contributed by atoms with E-state index in [9.17, 15) is 17.2 Å². The maximum atomic E-state index is 13.1. The fraction of sp³-hybridized carbons (Fsp3) is 0.455. The molecule has 0 amide bonds. The summed E-state index contributed by atoms with van der Waals surface area (Å²) in [7, 11) is -3.83. The van der Waals surface area contributed by atoms with Gasteiger partial charge in [0, 0.05) is 31.7 Å². The summed E-state index contributed by atoms with van der Waals surface area (Å²) in [4.78, 5) is -0.339. The molecule has 2 rings (SSSR count). The van der Waals surface area contributed by atoms with Gasteiger partial charge in [-0.2, -0.15) is 4.31 Å². The highest BCUT2D eigenvalue weighted by Crippen LogP contribution is 2.19. The molecule has 100 valence electrons. The highest BCUT2D eigenvalue weighted by atomic mass is 32.2. The van der Waals surface area contributed by atoms with Crippen LogP contribution >= 0.6 is 0 Å². The van der Waals surface area contributed by atoms with E-state index in [0.29, 0.717) is 25.7 Å². The predicted octanol–water partition coefficient (Wildman–Crippen LogP) is 0.947. The molecule has 0 radical (unpaired) electrons. The van der Waals surface area contributed by atoms with Crippen LogP contribution < -0.4 is 5.32 Å². The van der Waals surface area contributed by atoms with Crippen molar-refractivity contribution in [2.24, 2.45) is 0 Å². The maximum Gasteiger partial charge on any atom is 0.243 e. The van der Waals surface area contributed by atoms with Crippen LogP contribution in [0.2, 0.25) is 0 Å². The van der Waals surface area contributed by atoms with Gasteiger partial charge in [-0.15, -0.1) is 0 Å². The standard InChI is InChI=1S/C11H14F2N2O2S/c1-8-7-15(3-2-14-8)18(16,17)11-5-9(12)4-10(13)6-11/h4-6,8,14H,2-3,7H2,1H3/t8-/m1/s1. The third kappa shape index (κ3) is 2.68. The third-order valence-corrected chi connectivity index (χ3v) is 4.65. The van der Waals surface area contributed by atoms with Gasteiger partial charge in [0.15, 0.2) is 0 Å². The highest BCUT2D eigenvalue weighted by Gasteiger charge is 2.29. The third-order valence-electron chi connectivity index (χ3n) is 2.81. The van der Waals surface area contributed by atoms with Crippen molar-refractivity contribution in [1.29, 1.82) is 0 Å². The summed E-state index contributed by atoms with van der Waals surface area (Å²) in [5.41, 5.74) is 0. The quantitative estimate of drug-likeness (QED) is 0.875. The zero-order valence-corrected chi connectivity index (χ0v) is 10.7. The minimum atomic E-state index is -3.83. The van der Waals surface area contributed by atoms with Crippen molar-refractivity contribution < 1.29 is 17.2 Å². The van der Waals surface area contributed by atoms with E-state index in [1.54, 1.807) is 0 Å². The molecular weight excluding hydrogens is 262 g/mol. The second-order valence-electron chi connectivity index (χ2n) is 4.32. The molecule has 1 N–H and O–H groups in total.